The first kappa shape index (κ1) is 23.3. The molecule has 0 N–H and O–H groups in total. The van der Waals surface area contributed by atoms with Crippen molar-refractivity contribution in [2.75, 3.05) is 40.0 Å². The van der Waals surface area contributed by atoms with Gasteiger partial charge in [-0.25, -0.2) is 0 Å². The lowest BCUT2D eigenvalue weighted by Crippen LogP contribution is -2.42. The van der Waals surface area contributed by atoms with Crippen molar-refractivity contribution < 1.29 is 19.1 Å². The Bertz CT molecular complexity index is 792. The number of nitrogens with zero attached hydrogens (tertiary/aromatic N) is 2. The van der Waals surface area contributed by atoms with E-state index in [0.717, 1.165) is 50.3 Å². The number of benzene rings is 1. The van der Waals surface area contributed by atoms with Crippen LogP contribution in [0, 0.1) is 11.8 Å². The van der Waals surface area contributed by atoms with Crippen LogP contribution in [0.15, 0.2) is 30.0 Å². The molecule has 1 fully saturated rings. The molecule has 2 atom stereocenters. The largest absolute Gasteiger partial charge is 0.497 e. The van der Waals surface area contributed by atoms with Crippen LogP contribution < -0.4 is 4.74 Å². The topological polar surface area (TPSA) is 59.1 Å². The van der Waals surface area contributed by atoms with Gasteiger partial charge in [-0.2, -0.15) is 0 Å². The molecule has 2 heterocycles. The van der Waals surface area contributed by atoms with Crippen molar-refractivity contribution in [3.05, 3.63) is 35.5 Å². The Balaban J connectivity index is 1.84. The van der Waals surface area contributed by atoms with E-state index >= 15 is 0 Å². The molecule has 2 aliphatic rings. The van der Waals surface area contributed by atoms with E-state index in [1.165, 1.54) is 4.90 Å². The maximum atomic E-state index is 13.4. The molecule has 0 aromatic heterocycles. The lowest BCUT2D eigenvalue weighted by molar-refractivity contribution is -0.137. The third kappa shape index (κ3) is 5.48. The van der Waals surface area contributed by atoms with Gasteiger partial charge >= 0.3 is 0 Å². The summed E-state index contributed by atoms with van der Waals surface area (Å²) in [6.07, 6.45) is 3.91. The second kappa shape index (κ2) is 10.8. The number of carbonyl (C=O) groups excluding carboxylic acids is 2. The van der Waals surface area contributed by atoms with Crippen LogP contribution in [0.4, 0.5) is 0 Å². The number of methoxy groups -OCH3 is 1. The molecule has 1 aromatic carbocycles. The minimum absolute atomic E-state index is 0.175. The molecule has 0 aliphatic carbocycles. The van der Waals surface area contributed by atoms with Crippen LogP contribution in [0.25, 0.3) is 5.57 Å². The van der Waals surface area contributed by atoms with Gasteiger partial charge in [0.1, 0.15) is 11.4 Å². The highest BCUT2D eigenvalue weighted by atomic mass is 16.5. The van der Waals surface area contributed by atoms with Crippen molar-refractivity contribution in [2.24, 2.45) is 11.8 Å². The first-order valence-electron chi connectivity index (χ1n) is 11.5. The van der Waals surface area contributed by atoms with E-state index in [2.05, 4.69) is 25.7 Å². The van der Waals surface area contributed by atoms with Gasteiger partial charge in [-0.15, -0.1) is 0 Å². The Labute approximate surface area is 186 Å². The van der Waals surface area contributed by atoms with Crippen LogP contribution in [-0.4, -0.2) is 61.6 Å². The monoisotopic (exact) mass is 428 g/mol. The Kier molecular flexibility index (Phi) is 8.13. The minimum Gasteiger partial charge on any atom is -0.497 e. The molecule has 31 heavy (non-hydrogen) atoms. The molecule has 1 saturated heterocycles. The maximum absolute atomic E-state index is 13.4. The summed E-state index contributed by atoms with van der Waals surface area (Å²) in [5, 5.41) is 0. The SMILES string of the molecule is CCCCOCCCN1C(=O)C(c2ccc(OC)cc2)=C(N2CC(C)CC(C)C2)C1=O. The lowest BCUT2D eigenvalue weighted by Gasteiger charge is -2.37. The number of amides is 2. The van der Waals surface area contributed by atoms with Crippen LogP contribution in [0.2, 0.25) is 0 Å². The van der Waals surface area contributed by atoms with Gasteiger partial charge in [-0.3, -0.25) is 14.5 Å². The van der Waals surface area contributed by atoms with Gasteiger partial charge in [0.25, 0.3) is 11.8 Å². The average molecular weight is 429 g/mol. The van der Waals surface area contributed by atoms with E-state index in [-0.39, 0.29) is 11.8 Å². The molecule has 0 saturated carbocycles. The van der Waals surface area contributed by atoms with Gasteiger partial charge in [0.05, 0.1) is 12.7 Å². The van der Waals surface area contributed by atoms with Crippen LogP contribution >= 0.6 is 0 Å². The summed E-state index contributed by atoms with van der Waals surface area (Å²) in [5.74, 6) is 1.31. The Morgan fingerprint density at radius 1 is 0.968 bits per heavy atom. The van der Waals surface area contributed by atoms with Crippen molar-refractivity contribution in [2.45, 2.75) is 46.5 Å². The summed E-state index contributed by atoms with van der Waals surface area (Å²) in [7, 11) is 1.62. The summed E-state index contributed by atoms with van der Waals surface area (Å²) in [5.41, 5.74) is 1.84. The highest BCUT2D eigenvalue weighted by Gasteiger charge is 2.42. The Hall–Kier alpha value is -2.34. The van der Waals surface area contributed by atoms with Crippen molar-refractivity contribution in [1.82, 2.24) is 9.80 Å². The van der Waals surface area contributed by atoms with Crippen molar-refractivity contribution in [3.8, 4) is 5.75 Å². The van der Waals surface area contributed by atoms with E-state index < -0.39 is 0 Å². The molecule has 2 unspecified atom stereocenters. The van der Waals surface area contributed by atoms with E-state index in [1.54, 1.807) is 7.11 Å². The molecule has 170 valence electrons. The van der Waals surface area contributed by atoms with Crippen LogP contribution in [0.1, 0.15) is 52.0 Å². The van der Waals surface area contributed by atoms with Crippen LogP contribution in [0.5, 0.6) is 5.75 Å². The summed E-state index contributed by atoms with van der Waals surface area (Å²) in [4.78, 5) is 30.4. The van der Waals surface area contributed by atoms with Crippen molar-refractivity contribution in [3.63, 3.8) is 0 Å². The highest BCUT2D eigenvalue weighted by Crippen LogP contribution is 2.35. The standard InChI is InChI=1S/C25H36N2O4/c1-5-6-13-31-14-7-12-27-24(28)22(20-8-10-21(30-4)11-9-20)23(25(27)29)26-16-18(2)15-19(3)17-26/h8-11,18-19H,5-7,12-17H2,1-4H3. The third-order valence-electron chi connectivity index (χ3n) is 6.02. The molecular weight excluding hydrogens is 392 g/mol. The molecule has 1 aromatic rings. The molecule has 0 bridgehead atoms. The predicted molar refractivity (Wildman–Crippen MR) is 121 cm³/mol. The van der Waals surface area contributed by atoms with E-state index in [1.807, 2.05) is 24.3 Å². The fraction of sp³-hybridized carbons (Fsp3) is 0.600. The van der Waals surface area contributed by atoms with Gasteiger partial charge in [0.2, 0.25) is 0 Å². The number of unbranched alkanes of at least 4 members (excludes halogenated alkanes) is 1. The number of piperidine rings is 1. The molecule has 0 radical (unpaired) electrons. The maximum Gasteiger partial charge on any atom is 0.277 e. The summed E-state index contributed by atoms with van der Waals surface area (Å²) < 4.78 is 10.9. The highest BCUT2D eigenvalue weighted by molar-refractivity contribution is 6.35. The molecular formula is C25H36N2O4. The van der Waals surface area contributed by atoms with E-state index in [4.69, 9.17) is 9.47 Å². The van der Waals surface area contributed by atoms with E-state index in [9.17, 15) is 9.59 Å². The lowest BCUT2D eigenvalue weighted by atomic mass is 9.91. The minimum atomic E-state index is -0.204. The summed E-state index contributed by atoms with van der Waals surface area (Å²) >= 11 is 0. The smallest absolute Gasteiger partial charge is 0.277 e. The number of rotatable bonds is 10. The average Bonchev–Trinajstić information content (AvgIpc) is 3.00. The summed E-state index contributed by atoms with van der Waals surface area (Å²) in [6, 6.07) is 7.41. The van der Waals surface area contributed by atoms with Crippen LogP contribution in [-0.2, 0) is 14.3 Å². The first-order chi connectivity index (χ1) is 15.0. The number of hydrogen-bond donors (Lipinski definition) is 0. The molecule has 2 amide bonds. The number of likely N-dealkylation sites (tertiary alicyclic amines) is 1. The fourth-order valence-corrected chi connectivity index (χ4v) is 4.60. The zero-order chi connectivity index (χ0) is 22.4. The summed E-state index contributed by atoms with van der Waals surface area (Å²) in [6.45, 7) is 9.81. The fourth-order valence-electron chi connectivity index (χ4n) is 4.60. The zero-order valence-electron chi connectivity index (χ0n) is 19.4. The van der Waals surface area contributed by atoms with Gasteiger partial charge in [-0.1, -0.05) is 39.3 Å². The van der Waals surface area contributed by atoms with Crippen molar-refractivity contribution in [1.29, 1.82) is 0 Å². The number of hydrogen-bond acceptors (Lipinski definition) is 5. The predicted octanol–water partition coefficient (Wildman–Crippen LogP) is 3.96. The number of carbonyl (C=O) groups is 2. The molecule has 6 heteroatoms. The first-order valence-corrected chi connectivity index (χ1v) is 11.5. The normalized spacial score (nSPS) is 21.9. The molecule has 0 spiro atoms. The van der Waals surface area contributed by atoms with Gasteiger partial charge < -0.3 is 14.4 Å². The second-order valence-electron chi connectivity index (χ2n) is 8.88. The third-order valence-corrected chi connectivity index (χ3v) is 6.02. The Morgan fingerprint density at radius 3 is 2.23 bits per heavy atom. The van der Waals surface area contributed by atoms with Gasteiger partial charge in [0, 0.05) is 32.8 Å². The molecule has 2 aliphatic heterocycles. The molecule has 3 rings (SSSR count). The molecule has 6 nitrogen and oxygen atoms in total. The zero-order valence-corrected chi connectivity index (χ0v) is 19.4. The Morgan fingerprint density at radius 2 is 1.61 bits per heavy atom. The van der Waals surface area contributed by atoms with Gasteiger partial charge in [-0.05, 0) is 48.8 Å². The van der Waals surface area contributed by atoms with Gasteiger partial charge in [0.15, 0.2) is 0 Å². The quantitative estimate of drug-likeness (QED) is 0.417. The van der Waals surface area contributed by atoms with Crippen LogP contribution in [0.3, 0.4) is 0 Å². The number of imide groups is 1. The van der Waals surface area contributed by atoms with E-state index in [0.29, 0.717) is 42.7 Å². The number of ether oxygens (including phenoxy) is 2. The second-order valence-corrected chi connectivity index (χ2v) is 8.88. The van der Waals surface area contributed by atoms with Crippen molar-refractivity contribution >= 4 is 17.4 Å².